The predicted octanol–water partition coefficient (Wildman–Crippen LogP) is 4.23. The number of aromatic nitrogens is 4. The van der Waals surface area contributed by atoms with Crippen molar-refractivity contribution < 1.29 is 57.2 Å². The standard InChI is InChI=1S/C55H66N10O12S/c56-51-49-50(38-13-15-41(16-14-38)77-40-8-2-1-3-9-40)60-65(52(49)58-37-57-51)39-7-5-20-63(35-39)46(67)12-6-19-61-21-23-62(24-22-61)47(68)36-76-32-31-74-28-27-72-25-26-73-29-30-75-33-34-78-44-11-4-10-42-48(44)55(71)64(54(42)70)43-17-18-45(66)59-53(43)69/h1-4,8-11,13-16,37,39,43H,5-7,12,17-36H2,(H2,56,57,58)(H,59,66,69)/t39-,43?/m1/s1. The third-order valence-electron chi connectivity index (χ3n) is 13.9. The van der Waals surface area contributed by atoms with Crippen molar-refractivity contribution in [2.45, 2.75) is 55.5 Å². The fourth-order valence-corrected chi connectivity index (χ4v) is 10.9. The highest BCUT2D eigenvalue weighted by Gasteiger charge is 2.45. The van der Waals surface area contributed by atoms with E-state index in [0.717, 1.165) is 55.1 Å². The number of anilines is 1. The molecule has 6 heterocycles. The summed E-state index contributed by atoms with van der Waals surface area (Å²) in [5, 5.41) is 7.94. The first-order chi connectivity index (χ1) is 38.1. The average Bonchev–Trinajstić information content (AvgIpc) is 4.21. The Balaban J connectivity index is 0.573. The van der Waals surface area contributed by atoms with E-state index in [4.69, 9.17) is 39.3 Å². The third-order valence-corrected chi connectivity index (χ3v) is 15.0. The molecule has 1 unspecified atom stereocenters. The second-order valence-corrected chi connectivity index (χ2v) is 20.3. The van der Waals surface area contributed by atoms with Crippen molar-refractivity contribution >= 4 is 64.1 Å². The van der Waals surface area contributed by atoms with Gasteiger partial charge in [0.15, 0.2) is 5.65 Å². The van der Waals surface area contributed by atoms with Crippen LogP contribution in [-0.4, -0.2) is 198 Å². The van der Waals surface area contributed by atoms with Crippen LogP contribution in [0, 0.1) is 0 Å². The number of nitrogen functional groups attached to an aromatic ring is 1. The third kappa shape index (κ3) is 14.2. The molecule has 23 heteroatoms. The first-order valence-electron chi connectivity index (χ1n) is 26.6. The van der Waals surface area contributed by atoms with Gasteiger partial charge in [0, 0.05) is 68.3 Å². The molecule has 78 heavy (non-hydrogen) atoms. The zero-order chi connectivity index (χ0) is 54.2. The Bertz CT molecular complexity index is 2890. The fourth-order valence-electron chi connectivity index (χ4n) is 9.92. The van der Waals surface area contributed by atoms with E-state index in [2.05, 4.69) is 20.2 Å². The first kappa shape index (κ1) is 55.9. The lowest BCUT2D eigenvalue weighted by Gasteiger charge is -2.35. The summed E-state index contributed by atoms with van der Waals surface area (Å²) in [4.78, 5) is 93.3. The van der Waals surface area contributed by atoms with Crippen molar-refractivity contribution in [3.63, 3.8) is 0 Å². The van der Waals surface area contributed by atoms with Gasteiger partial charge >= 0.3 is 0 Å². The molecule has 2 aromatic heterocycles. The summed E-state index contributed by atoms with van der Waals surface area (Å²) in [5.74, 6) is 0.280. The first-order valence-corrected chi connectivity index (χ1v) is 27.6. The normalized spacial score (nSPS) is 18.0. The number of carbonyl (C=O) groups excluding carboxylic acids is 6. The Morgan fingerprint density at radius 2 is 1.40 bits per heavy atom. The molecule has 0 aliphatic carbocycles. The number of nitrogens with two attached hydrogens (primary N) is 1. The van der Waals surface area contributed by atoms with E-state index in [-0.39, 0.29) is 55.0 Å². The van der Waals surface area contributed by atoms with Gasteiger partial charge in [0.2, 0.25) is 23.6 Å². The van der Waals surface area contributed by atoms with Gasteiger partial charge in [-0.05, 0) is 80.8 Å². The average molecular weight is 1090 g/mol. The number of thioether (sulfide) groups is 1. The molecule has 22 nitrogen and oxygen atoms in total. The molecule has 3 aromatic carbocycles. The van der Waals surface area contributed by atoms with Gasteiger partial charge in [0.1, 0.15) is 42.0 Å². The molecule has 0 saturated carbocycles. The van der Waals surface area contributed by atoms with Crippen molar-refractivity contribution in [1.29, 1.82) is 0 Å². The molecule has 3 saturated heterocycles. The quantitative estimate of drug-likeness (QED) is 0.0424. The Morgan fingerprint density at radius 1 is 0.705 bits per heavy atom. The zero-order valence-corrected chi connectivity index (χ0v) is 44.4. The van der Waals surface area contributed by atoms with E-state index >= 15 is 0 Å². The van der Waals surface area contributed by atoms with Gasteiger partial charge in [-0.3, -0.25) is 43.9 Å². The second-order valence-electron chi connectivity index (χ2n) is 19.1. The molecule has 4 aliphatic heterocycles. The highest BCUT2D eigenvalue weighted by atomic mass is 32.2. The molecule has 0 spiro atoms. The molecule has 0 bridgehead atoms. The minimum Gasteiger partial charge on any atom is -0.457 e. The number of hydrogen-bond donors (Lipinski definition) is 2. The summed E-state index contributed by atoms with van der Waals surface area (Å²) in [5.41, 5.74) is 9.14. The smallest absolute Gasteiger partial charge is 0.263 e. The van der Waals surface area contributed by atoms with Crippen molar-refractivity contribution in [2.24, 2.45) is 0 Å². The van der Waals surface area contributed by atoms with E-state index in [1.54, 1.807) is 18.2 Å². The topological polar surface area (TPSA) is 252 Å². The fraction of sp³-hybridized carbons (Fsp3) is 0.473. The SMILES string of the molecule is Nc1ncnc2c1c(-c1ccc(Oc3ccccc3)cc1)nn2[C@@H]1CCCN(C(=O)CCCN2CCN(C(=O)COCCOCCOCCOCCOCCSc3cccc4c3C(=O)N(C3CCC(=O)NC3=O)C4=O)CC2)C1. The van der Waals surface area contributed by atoms with E-state index in [1.165, 1.54) is 18.1 Å². The Kier molecular flexibility index (Phi) is 19.8. The summed E-state index contributed by atoms with van der Waals surface area (Å²) in [6.45, 7) is 7.98. The van der Waals surface area contributed by atoms with Crippen LogP contribution in [0.15, 0.2) is 84.0 Å². The molecule has 2 atom stereocenters. The molecule has 414 valence electrons. The van der Waals surface area contributed by atoms with Crippen molar-refractivity contribution in [3.05, 3.63) is 90.3 Å². The molecule has 9 rings (SSSR count). The molecule has 5 aromatic rings. The Morgan fingerprint density at radius 3 is 2.12 bits per heavy atom. The summed E-state index contributed by atoms with van der Waals surface area (Å²) in [6.07, 6.45) is 4.49. The molecule has 3 fully saturated rings. The van der Waals surface area contributed by atoms with Crippen LogP contribution >= 0.6 is 11.8 Å². The number of para-hydroxylation sites is 1. The number of hydrogen-bond acceptors (Lipinski definition) is 18. The number of carbonyl (C=O) groups is 6. The minimum absolute atomic E-state index is 0.0101. The molecular formula is C55H66N10O12S. The lowest BCUT2D eigenvalue weighted by molar-refractivity contribution is -0.138. The van der Waals surface area contributed by atoms with E-state index in [1.807, 2.05) is 69.1 Å². The molecule has 3 N–H and O–H groups in total. The van der Waals surface area contributed by atoms with E-state index in [0.29, 0.717) is 124 Å². The van der Waals surface area contributed by atoms with Crippen molar-refractivity contribution in [1.82, 2.24) is 44.7 Å². The Labute approximate surface area is 456 Å². The number of ether oxygens (including phenoxy) is 6. The predicted molar refractivity (Wildman–Crippen MR) is 287 cm³/mol. The number of rotatable bonds is 27. The summed E-state index contributed by atoms with van der Waals surface area (Å²) in [6, 6.07) is 21.3. The van der Waals surface area contributed by atoms with Gasteiger partial charge in [-0.2, -0.15) is 5.10 Å². The van der Waals surface area contributed by atoms with Gasteiger partial charge in [0.25, 0.3) is 11.8 Å². The van der Waals surface area contributed by atoms with E-state index in [9.17, 15) is 28.8 Å². The van der Waals surface area contributed by atoms with Crippen LogP contribution in [0.1, 0.15) is 65.3 Å². The van der Waals surface area contributed by atoms with Crippen molar-refractivity contribution in [3.8, 4) is 22.8 Å². The minimum atomic E-state index is -1.01. The lowest BCUT2D eigenvalue weighted by atomic mass is 10.0. The maximum Gasteiger partial charge on any atom is 0.263 e. The summed E-state index contributed by atoms with van der Waals surface area (Å²) >= 11 is 1.39. The lowest BCUT2D eigenvalue weighted by Crippen LogP contribution is -2.54. The van der Waals surface area contributed by atoms with Crippen molar-refractivity contribution in [2.75, 3.05) is 123 Å². The number of piperidine rings is 2. The van der Waals surface area contributed by atoms with Crippen LogP contribution < -0.4 is 15.8 Å². The maximum absolute atomic E-state index is 13.6. The molecule has 0 radical (unpaired) electrons. The molecular weight excluding hydrogens is 1020 g/mol. The van der Waals surface area contributed by atoms with Crippen LogP contribution in [0.4, 0.5) is 5.82 Å². The van der Waals surface area contributed by atoms with Gasteiger partial charge in [-0.1, -0.05) is 24.3 Å². The number of nitrogens with zero attached hydrogens (tertiary/aromatic N) is 8. The zero-order valence-electron chi connectivity index (χ0n) is 43.6. The number of piperazine rings is 1. The highest BCUT2D eigenvalue weighted by Crippen LogP contribution is 2.36. The van der Waals surface area contributed by atoms with Crippen LogP contribution in [-0.2, 0) is 42.9 Å². The summed E-state index contributed by atoms with van der Waals surface area (Å²) in [7, 11) is 0. The largest absolute Gasteiger partial charge is 0.457 e. The maximum atomic E-state index is 13.6. The van der Waals surface area contributed by atoms with Gasteiger partial charge in [-0.15, -0.1) is 11.8 Å². The number of likely N-dealkylation sites (tertiary alicyclic amines) is 1. The monoisotopic (exact) mass is 1090 g/mol. The Hall–Kier alpha value is -6.86. The second kappa shape index (κ2) is 27.6. The van der Waals surface area contributed by atoms with Gasteiger partial charge in [-0.25, -0.2) is 14.6 Å². The number of amides is 6. The van der Waals surface area contributed by atoms with Crippen LogP contribution in [0.2, 0.25) is 0 Å². The van der Waals surface area contributed by atoms with Gasteiger partial charge < -0.3 is 44.0 Å². The number of benzene rings is 3. The molecule has 6 amide bonds. The number of nitrogens with one attached hydrogen (secondary N) is 1. The van der Waals surface area contributed by atoms with Crippen LogP contribution in [0.3, 0.4) is 0 Å². The number of fused-ring (bicyclic) bond motifs is 2. The van der Waals surface area contributed by atoms with Crippen LogP contribution in [0.5, 0.6) is 11.5 Å². The molecule has 4 aliphatic rings. The highest BCUT2D eigenvalue weighted by molar-refractivity contribution is 7.99. The van der Waals surface area contributed by atoms with E-state index < -0.39 is 29.7 Å². The van der Waals surface area contributed by atoms with Gasteiger partial charge in [0.05, 0.1) is 82.0 Å². The van der Waals surface area contributed by atoms with Crippen LogP contribution in [0.25, 0.3) is 22.3 Å². The number of imide groups is 2. The summed E-state index contributed by atoms with van der Waals surface area (Å²) < 4.78 is 35.9.